The van der Waals surface area contributed by atoms with Crippen molar-refractivity contribution >= 4 is 34.9 Å². The van der Waals surface area contributed by atoms with Crippen LogP contribution in [-0.2, 0) is 9.53 Å². The fraction of sp³-hybridized carbons (Fsp3) is 0.346. The van der Waals surface area contributed by atoms with Gasteiger partial charge < -0.3 is 24.3 Å². The highest BCUT2D eigenvalue weighted by molar-refractivity contribution is 7.80. The monoisotopic (exact) mass is 512 g/mol. The zero-order chi connectivity index (χ0) is 25.1. The number of hydrogen-bond acceptors (Lipinski definition) is 5. The second-order valence-corrected chi connectivity index (χ2v) is 9.30. The topological polar surface area (TPSA) is 68.6 Å². The van der Waals surface area contributed by atoms with Gasteiger partial charge in [-0.25, -0.2) is 0 Å². The van der Waals surface area contributed by atoms with Gasteiger partial charge in [0, 0.05) is 35.6 Å². The minimum absolute atomic E-state index is 0.111. The normalized spacial score (nSPS) is 17.4. The third kappa shape index (κ3) is 4.99. The van der Waals surface area contributed by atoms with Crippen LogP contribution in [0.1, 0.15) is 47.6 Å². The van der Waals surface area contributed by atoms with Crippen LogP contribution in [0.5, 0.6) is 5.75 Å². The second-order valence-electron chi connectivity index (χ2n) is 8.48. The summed E-state index contributed by atoms with van der Waals surface area (Å²) in [5.74, 6) is 0.506. The van der Waals surface area contributed by atoms with Crippen LogP contribution in [0.2, 0.25) is 5.02 Å². The van der Waals surface area contributed by atoms with Gasteiger partial charge in [0.2, 0.25) is 0 Å². The first-order valence-electron chi connectivity index (χ1n) is 11.4. The summed E-state index contributed by atoms with van der Waals surface area (Å²) in [5.41, 5.74) is 5.00. The van der Waals surface area contributed by atoms with E-state index in [2.05, 4.69) is 39.7 Å². The molecule has 35 heavy (non-hydrogen) atoms. The van der Waals surface area contributed by atoms with E-state index in [1.165, 1.54) is 7.11 Å². The molecule has 1 aliphatic rings. The molecule has 3 heterocycles. The first-order chi connectivity index (χ1) is 16.8. The van der Waals surface area contributed by atoms with Crippen molar-refractivity contribution in [3.8, 4) is 11.4 Å². The van der Waals surface area contributed by atoms with Gasteiger partial charge in [-0.15, -0.1) is 0 Å². The van der Waals surface area contributed by atoms with Crippen molar-refractivity contribution in [1.29, 1.82) is 0 Å². The molecule has 9 heteroatoms. The third-order valence-corrected chi connectivity index (χ3v) is 6.96. The van der Waals surface area contributed by atoms with Gasteiger partial charge in [-0.1, -0.05) is 17.7 Å². The van der Waals surface area contributed by atoms with Crippen LogP contribution in [0.15, 0.2) is 48.7 Å². The molecule has 1 aliphatic heterocycles. The predicted molar refractivity (Wildman–Crippen MR) is 140 cm³/mol. The molecule has 184 valence electrons. The van der Waals surface area contributed by atoms with Gasteiger partial charge in [-0.05, 0) is 74.4 Å². The molecule has 0 saturated carbocycles. The number of rotatable bonds is 8. The minimum Gasteiger partial charge on any atom is -0.495 e. The van der Waals surface area contributed by atoms with Crippen molar-refractivity contribution in [3.63, 3.8) is 0 Å². The molecule has 0 radical (unpaired) electrons. The van der Waals surface area contributed by atoms with E-state index >= 15 is 0 Å². The van der Waals surface area contributed by atoms with E-state index in [1.54, 1.807) is 13.3 Å². The molecule has 1 saturated heterocycles. The standard InChI is InChI=1S/C26H29ClN4O3S/c1-16-14-19(17(2)31(16)21-15-18(27)10-11-22(21)33-3)25-24(20-8-5-6-12-28-20)29-26(35)30(25)13-7-9-23(32)34-4/h5-6,8,10-12,14-15,24-25H,7,9,13H2,1-4H3,(H,29,35). The highest BCUT2D eigenvalue weighted by Gasteiger charge is 2.41. The molecule has 2 aromatic heterocycles. The molecular formula is C26H29ClN4O3S. The molecule has 1 fully saturated rings. The average molecular weight is 513 g/mol. The lowest BCUT2D eigenvalue weighted by atomic mass is 9.96. The Labute approximate surface area is 216 Å². The Kier molecular flexibility index (Phi) is 7.62. The summed E-state index contributed by atoms with van der Waals surface area (Å²) in [6.07, 6.45) is 2.74. The van der Waals surface area contributed by atoms with Gasteiger partial charge in [0.15, 0.2) is 5.11 Å². The lowest BCUT2D eigenvalue weighted by molar-refractivity contribution is -0.140. The molecule has 0 aliphatic carbocycles. The summed E-state index contributed by atoms with van der Waals surface area (Å²) in [6, 6.07) is 13.4. The number of ether oxygens (including phenoxy) is 2. The van der Waals surface area contributed by atoms with E-state index in [0.29, 0.717) is 29.5 Å². The molecule has 1 aromatic carbocycles. The first kappa shape index (κ1) is 25.0. The Bertz CT molecular complexity index is 1230. The molecular weight excluding hydrogens is 484 g/mol. The van der Waals surface area contributed by atoms with Gasteiger partial charge in [0.25, 0.3) is 0 Å². The number of benzene rings is 1. The molecule has 2 atom stereocenters. The molecule has 0 spiro atoms. The SMILES string of the molecule is COC(=O)CCCN1C(=S)NC(c2ccccn2)C1c1cc(C)n(-c2cc(Cl)ccc2OC)c1C. The number of nitrogens with zero attached hydrogens (tertiary/aromatic N) is 3. The minimum atomic E-state index is -0.230. The zero-order valence-corrected chi connectivity index (χ0v) is 21.8. The van der Waals surface area contributed by atoms with E-state index in [1.807, 2.05) is 36.4 Å². The Morgan fingerprint density at radius 2 is 2.00 bits per heavy atom. The lowest BCUT2D eigenvalue weighted by Crippen LogP contribution is -2.31. The number of aryl methyl sites for hydroxylation is 1. The van der Waals surface area contributed by atoms with Gasteiger partial charge in [-0.2, -0.15) is 0 Å². The van der Waals surface area contributed by atoms with Crippen LogP contribution in [0.25, 0.3) is 5.69 Å². The maximum Gasteiger partial charge on any atom is 0.305 e. The molecule has 1 N–H and O–H groups in total. The molecule has 0 bridgehead atoms. The van der Waals surface area contributed by atoms with E-state index in [9.17, 15) is 4.79 Å². The van der Waals surface area contributed by atoms with Gasteiger partial charge in [0.05, 0.1) is 37.7 Å². The molecule has 4 rings (SSSR count). The highest BCUT2D eigenvalue weighted by Crippen LogP contribution is 2.42. The number of carbonyl (C=O) groups excluding carboxylic acids is 1. The van der Waals surface area contributed by atoms with Gasteiger partial charge in [-0.3, -0.25) is 9.78 Å². The average Bonchev–Trinajstić information content (AvgIpc) is 3.34. The number of thiocarbonyl (C=S) groups is 1. The van der Waals surface area contributed by atoms with E-state index in [-0.39, 0.29) is 18.1 Å². The van der Waals surface area contributed by atoms with E-state index in [0.717, 1.165) is 34.1 Å². The third-order valence-electron chi connectivity index (χ3n) is 6.38. The number of nitrogens with one attached hydrogen (secondary N) is 1. The number of aromatic nitrogens is 2. The number of halogens is 1. The quantitative estimate of drug-likeness (QED) is 0.333. The number of carbonyl (C=O) groups is 1. The Hall–Kier alpha value is -3.10. The molecule has 7 nitrogen and oxygen atoms in total. The first-order valence-corrected chi connectivity index (χ1v) is 12.2. The van der Waals surface area contributed by atoms with Crippen LogP contribution in [0, 0.1) is 13.8 Å². The van der Waals surface area contributed by atoms with Crippen molar-refractivity contribution in [2.75, 3.05) is 20.8 Å². The summed E-state index contributed by atoms with van der Waals surface area (Å²) in [6.45, 7) is 4.76. The van der Waals surface area contributed by atoms with Crippen LogP contribution >= 0.6 is 23.8 Å². The molecule has 0 amide bonds. The Morgan fingerprint density at radius 3 is 2.69 bits per heavy atom. The summed E-state index contributed by atoms with van der Waals surface area (Å²) >= 11 is 12.1. The summed E-state index contributed by atoms with van der Waals surface area (Å²) < 4.78 is 12.6. The van der Waals surface area contributed by atoms with Crippen LogP contribution in [0.4, 0.5) is 0 Å². The number of methoxy groups -OCH3 is 2. The fourth-order valence-electron chi connectivity index (χ4n) is 4.78. The zero-order valence-electron chi connectivity index (χ0n) is 20.2. The molecule has 3 aromatic rings. The van der Waals surface area contributed by atoms with Crippen molar-refractivity contribution in [2.24, 2.45) is 0 Å². The Morgan fingerprint density at radius 1 is 1.20 bits per heavy atom. The van der Waals surface area contributed by atoms with Crippen molar-refractivity contribution in [3.05, 3.63) is 76.3 Å². The maximum absolute atomic E-state index is 11.7. The number of hydrogen-bond donors (Lipinski definition) is 1. The summed E-state index contributed by atoms with van der Waals surface area (Å²) in [7, 11) is 3.06. The van der Waals surface area contributed by atoms with Crippen molar-refractivity contribution in [1.82, 2.24) is 19.8 Å². The number of esters is 1. The van der Waals surface area contributed by atoms with Crippen molar-refractivity contribution < 1.29 is 14.3 Å². The van der Waals surface area contributed by atoms with Crippen LogP contribution < -0.4 is 10.1 Å². The van der Waals surface area contributed by atoms with Crippen LogP contribution in [-0.4, -0.2) is 46.3 Å². The van der Waals surface area contributed by atoms with Gasteiger partial charge >= 0.3 is 5.97 Å². The maximum atomic E-state index is 11.7. The summed E-state index contributed by atoms with van der Waals surface area (Å²) in [4.78, 5) is 18.5. The van der Waals surface area contributed by atoms with Crippen molar-refractivity contribution in [2.45, 2.75) is 38.8 Å². The van der Waals surface area contributed by atoms with Gasteiger partial charge in [0.1, 0.15) is 5.75 Å². The van der Waals surface area contributed by atoms with Crippen LogP contribution in [0.3, 0.4) is 0 Å². The van der Waals surface area contributed by atoms with E-state index in [4.69, 9.17) is 33.3 Å². The lowest BCUT2D eigenvalue weighted by Gasteiger charge is -2.28. The molecule has 2 unspecified atom stereocenters. The predicted octanol–water partition coefficient (Wildman–Crippen LogP) is 5.08. The number of pyridine rings is 1. The fourth-order valence-corrected chi connectivity index (χ4v) is 5.27. The summed E-state index contributed by atoms with van der Waals surface area (Å²) in [5, 5.41) is 4.75. The van der Waals surface area contributed by atoms with E-state index < -0.39 is 0 Å². The highest BCUT2D eigenvalue weighted by atomic mass is 35.5. The second kappa shape index (κ2) is 10.7. The largest absolute Gasteiger partial charge is 0.495 e. The Balaban J connectivity index is 1.79. The smallest absolute Gasteiger partial charge is 0.305 e.